The van der Waals surface area contributed by atoms with Crippen molar-refractivity contribution in [2.45, 2.75) is 31.8 Å². The van der Waals surface area contributed by atoms with Crippen LogP contribution in [0.5, 0.6) is 0 Å². The first-order chi connectivity index (χ1) is 11.9. The van der Waals surface area contributed by atoms with E-state index in [9.17, 15) is 4.79 Å². The molecule has 0 bridgehead atoms. The van der Waals surface area contributed by atoms with Crippen LogP contribution >= 0.6 is 23.2 Å². The number of carbonyl (C=O) groups is 1. The van der Waals surface area contributed by atoms with Crippen LogP contribution in [0.4, 0.5) is 0 Å². The van der Waals surface area contributed by atoms with E-state index in [1.54, 1.807) is 6.08 Å². The van der Waals surface area contributed by atoms with Gasteiger partial charge in [-0.2, -0.15) is 0 Å². The molecular formula is C21H20Cl2O2. The Kier molecular flexibility index (Phi) is 5.21. The fourth-order valence-electron chi connectivity index (χ4n) is 3.48. The quantitative estimate of drug-likeness (QED) is 0.460. The summed E-state index contributed by atoms with van der Waals surface area (Å²) in [5, 5.41) is 1.33. The maximum atomic E-state index is 12.7. The Labute approximate surface area is 158 Å². The van der Waals surface area contributed by atoms with Gasteiger partial charge in [0, 0.05) is 16.0 Å². The minimum absolute atomic E-state index is 0.0162. The molecule has 1 heterocycles. The molecule has 2 aromatic rings. The smallest absolute Gasteiger partial charge is 0.312 e. The monoisotopic (exact) mass is 374 g/mol. The van der Waals surface area contributed by atoms with Crippen molar-refractivity contribution in [3.63, 3.8) is 0 Å². The average Bonchev–Trinajstić information content (AvgIpc) is 2.58. The van der Waals surface area contributed by atoms with Gasteiger partial charge in [0.1, 0.15) is 6.10 Å². The lowest BCUT2D eigenvalue weighted by Gasteiger charge is -2.41. The third-order valence-corrected chi connectivity index (χ3v) is 5.32. The minimum atomic E-state index is -0.586. The lowest BCUT2D eigenvalue weighted by atomic mass is 9.71. The van der Waals surface area contributed by atoms with Crippen molar-refractivity contribution in [2.24, 2.45) is 5.41 Å². The van der Waals surface area contributed by atoms with E-state index in [-0.39, 0.29) is 18.0 Å². The second kappa shape index (κ2) is 7.23. The van der Waals surface area contributed by atoms with Crippen molar-refractivity contribution >= 4 is 29.2 Å². The Bertz CT molecular complexity index is 785. The highest BCUT2D eigenvalue weighted by atomic mass is 35.5. The molecule has 0 saturated carbocycles. The summed E-state index contributed by atoms with van der Waals surface area (Å²) >= 11 is 12.2. The number of halogens is 2. The first kappa shape index (κ1) is 18.0. The van der Waals surface area contributed by atoms with Crippen molar-refractivity contribution in [1.82, 2.24) is 0 Å². The molecule has 0 aromatic heterocycles. The van der Waals surface area contributed by atoms with Gasteiger partial charge >= 0.3 is 5.97 Å². The molecule has 4 heteroatoms. The van der Waals surface area contributed by atoms with Crippen LogP contribution in [0.1, 0.15) is 42.9 Å². The third-order valence-electron chi connectivity index (χ3n) is 4.83. The van der Waals surface area contributed by atoms with E-state index >= 15 is 0 Å². The first-order valence-corrected chi connectivity index (χ1v) is 9.01. The molecule has 3 atom stereocenters. The average molecular weight is 375 g/mol. The van der Waals surface area contributed by atoms with Gasteiger partial charge in [0.15, 0.2) is 0 Å². The number of ether oxygens (including phenoxy) is 1. The molecular weight excluding hydrogens is 355 g/mol. The number of hydrogen-bond acceptors (Lipinski definition) is 2. The van der Waals surface area contributed by atoms with Crippen LogP contribution in [0.15, 0.2) is 61.2 Å². The zero-order valence-corrected chi connectivity index (χ0v) is 15.6. The number of carbonyl (C=O) groups excluding carboxylic acids is 1. The largest absolute Gasteiger partial charge is 0.456 e. The van der Waals surface area contributed by atoms with E-state index in [0.29, 0.717) is 22.9 Å². The van der Waals surface area contributed by atoms with E-state index < -0.39 is 5.41 Å². The first-order valence-electron chi connectivity index (χ1n) is 8.26. The Morgan fingerprint density at radius 3 is 2.52 bits per heavy atom. The molecule has 3 rings (SSSR count). The zero-order valence-electron chi connectivity index (χ0n) is 14.0. The highest BCUT2D eigenvalue weighted by Gasteiger charge is 2.46. The molecule has 1 unspecified atom stereocenters. The summed E-state index contributed by atoms with van der Waals surface area (Å²) in [6.07, 6.45) is 2.67. The number of esters is 1. The van der Waals surface area contributed by atoms with Gasteiger partial charge in [-0.05, 0) is 55.2 Å². The van der Waals surface area contributed by atoms with E-state index in [2.05, 4.69) is 6.58 Å². The minimum Gasteiger partial charge on any atom is -0.456 e. The van der Waals surface area contributed by atoms with Crippen LogP contribution < -0.4 is 0 Å². The van der Waals surface area contributed by atoms with Crippen LogP contribution in [-0.4, -0.2) is 5.97 Å². The van der Waals surface area contributed by atoms with E-state index in [1.165, 1.54) is 0 Å². The summed E-state index contributed by atoms with van der Waals surface area (Å²) in [5.41, 5.74) is 1.41. The standard InChI is InChI=1S/C21H20Cl2O2/c1-3-11-21(2)13-18(15-5-4-6-17(23)12-15)19(25-20(21)24)14-7-9-16(22)10-8-14/h3-10,12,18-19H,1,11,13H2,2H3/t18?,19-,21-/m0/s1. The van der Waals surface area contributed by atoms with E-state index in [1.807, 2.05) is 55.5 Å². The molecule has 0 amide bonds. The summed E-state index contributed by atoms with van der Waals surface area (Å²) in [7, 11) is 0. The van der Waals surface area contributed by atoms with Crippen LogP contribution in [0.25, 0.3) is 0 Å². The number of benzene rings is 2. The highest BCUT2D eigenvalue weighted by molar-refractivity contribution is 6.30. The number of allylic oxidation sites excluding steroid dienone is 1. The Hall–Kier alpha value is -1.77. The third kappa shape index (κ3) is 3.75. The molecule has 0 radical (unpaired) electrons. The van der Waals surface area contributed by atoms with E-state index in [4.69, 9.17) is 27.9 Å². The van der Waals surface area contributed by atoms with Crippen molar-refractivity contribution < 1.29 is 9.53 Å². The molecule has 25 heavy (non-hydrogen) atoms. The van der Waals surface area contributed by atoms with Gasteiger partial charge in [0.25, 0.3) is 0 Å². The molecule has 2 nitrogen and oxygen atoms in total. The van der Waals surface area contributed by atoms with Gasteiger partial charge < -0.3 is 4.74 Å². The summed E-state index contributed by atoms with van der Waals surface area (Å²) in [4.78, 5) is 12.7. The fraction of sp³-hybridized carbons (Fsp3) is 0.286. The molecule has 1 aliphatic heterocycles. The van der Waals surface area contributed by atoms with Crippen molar-refractivity contribution in [3.8, 4) is 0 Å². The Balaban J connectivity index is 2.03. The second-order valence-electron chi connectivity index (χ2n) is 6.80. The highest BCUT2D eigenvalue weighted by Crippen LogP contribution is 2.49. The summed E-state index contributed by atoms with van der Waals surface area (Å²) < 4.78 is 5.91. The van der Waals surface area contributed by atoms with Gasteiger partial charge in [-0.3, -0.25) is 4.79 Å². The van der Waals surface area contributed by atoms with Crippen LogP contribution in [0, 0.1) is 5.41 Å². The Morgan fingerprint density at radius 1 is 1.16 bits per heavy atom. The van der Waals surface area contributed by atoms with Gasteiger partial charge in [-0.25, -0.2) is 0 Å². The summed E-state index contributed by atoms with van der Waals surface area (Å²) in [6, 6.07) is 15.2. The molecule has 1 saturated heterocycles. The van der Waals surface area contributed by atoms with Gasteiger partial charge in [-0.15, -0.1) is 6.58 Å². The van der Waals surface area contributed by atoms with Gasteiger partial charge in [-0.1, -0.05) is 53.5 Å². The lowest BCUT2D eigenvalue weighted by Crippen LogP contribution is -2.39. The number of hydrogen-bond donors (Lipinski definition) is 0. The van der Waals surface area contributed by atoms with E-state index in [0.717, 1.165) is 11.1 Å². The molecule has 1 aliphatic rings. The maximum Gasteiger partial charge on any atom is 0.312 e. The number of cyclic esters (lactones) is 1. The predicted molar refractivity (Wildman–Crippen MR) is 102 cm³/mol. The SMILES string of the molecule is C=CC[C@@]1(C)CC(c2cccc(Cl)c2)[C@H](c2ccc(Cl)cc2)OC1=O. The molecule has 0 aliphatic carbocycles. The summed E-state index contributed by atoms with van der Waals surface area (Å²) in [6.45, 7) is 5.73. The summed E-state index contributed by atoms with van der Waals surface area (Å²) in [5.74, 6) is -0.173. The zero-order chi connectivity index (χ0) is 18.0. The fourth-order valence-corrected chi connectivity index (χ4v) is 3.81. The normalized spacial score (nSPS) is 26.1. The van der Waals surface area contributed by atoms with Crippen LogP contribution in [0.3, 0.4) is 0 Å². The lowest BCUT2D eigenvalue weighted by molar-refractivity contribution is -0.171. The topological polar surface area (TPSA) is 26.3 Å². The Morgan fingerprint density at radius 2 is 1.88 bits per heavy atom. The van der Waals surface area contributed by atoms with Crippen molar-refractivity contribution in [1.29, 1.82) is 0 Å². The van der Waals surface area contributed by atoms with Gasteiger partial charge in [0.2, 0.25) is 0 Å². The molecule has 2 aromatic carbocycles. The predicted octanol–water partition coefficient (Wildman–Crippen LogP) is 6.35. The second-order valence-corrected chi connectivity index (χ2v) is 7.67. The molecule has 0 N–H and O–H groups in total. The molecule has 1 fully saturated rings. The maximum absolute atomic E-state index is 12.7. The van der Waals surface area contributed by atoms with Crippen LogP contribution in [-0.2, 0) is 9.53 Å². The van der Waals surface area contributed by atoms with Crippen molar-refractivity contribution in [2.75, 3.05) is 0 Å². The van der Waals surface area contributed by atoms with Crippen LogP contribution in [0.2, 0.25) is 10.0 Å². The number of rotatable bonds is 4. The molecule has 130 valence electrons. The molecule has 0 spiro atoms. The van der Waals surface area contributed by atoms with Crippen molar-refractivity contribution in [3.05, 3.63) is 82.4 Å². The van der Waals surface area contributed by atoms with Gasteiger partial charge in [0.05, 0.1) is 5.41 Å².